The van der Waals surface area contributed by atoms with Crippen LogP contribution in [0.2, 0.25) is 0 Å². The summed E-state index contributed by atoms with van der Waals surface area (Å²) in [6.45, 7) is 4.26. The minimum atomic E-state index is -0.289. The number of hydrogen-bond acceptors (Lipinski definition) is 3. The van der Waals surface area contributed by atoms with Crippen LogP contribution in [0.4, 0.5) is 8.78 Å². The third-order valence-electron chi connectivity index (χ3n) is 7.26. The third-order valence-corrected chi connectivity index (χ3v) is 7.26. The molecule has 4 aromatic rings. The van der Waals surface area contributed by atoms with Crippen molar-refractivity contribution >= 4 is 5.91 Å². The number of rotatable bonds is 9. The average Bonchev–Trinajstić information content (AvgIpc) is 2.96. The van der Waals surface area contributed by atoms with Crippen LogP contribution < -0.4 is 0 Å². The fourth-order valence-corrected chi connectivity index (χ4v) is 5.28. The van der Waals surface area contributed by atoms with Crippen LogP contribution in [-0.4, -0.2) is 53.3 Å². The molecule has 1 fully saturated rings. The number of nitrogens with zero attached hydrogens (tertiary/aromatic N) is 3. The molecule has 0 aliphatic carbocycles. The van der Waals surface area contributed by atoms with E-state index in [0.29, 0.717) is 45.8 Å². The summed E-state index contributed by atoms with van der Waals surface area (Å²) in [5.41, 5.74) is 4.24. The lowest BCUT2D eigenvalue weighted by molar-refractivity contribution is -0.134. The Morgan fingerprint density at radius 2 is 1.08 bits per heavy atom. The number of carbonyl (C=O) groups is 1. The van der Waals surface area contributed by atoms with Crippen LogP contribution in [0.5, 0.6) is 0 Å². The van der Waals surface area contributed by atoms with Crippen molar-refractivity contribution in [2.45, 2.75) is 19.1 Å². The molecule has 0 spiro atoms. The molecule has 1 aliphatic heterocycles. The van der Waals surface area contributed by atoms with E-state index >= 15 is 0 Å². The Balaban J connectivity index is 1.26. The maximum Gasteiger partial charge on any atom is 0.236 e. The second kappa shape index (κ2) is 12.8. The lowest BCUT2D eigenvalue weighted by Gasteiger charge is -2.40. The minimum absolute atomic E-state index is 0.113. The van der Waals surface area contributed by atoms with E-state index in [1.54, 1.807) is 24.3 Å². The lowest BCUT2D eigenvalue weighted by Crippen LogP contribution is -2.52. The van der Waals surface area contributed by atoms with Crippen molar-refractivity contribution < 1.29 is 13.6 Å². The molecule has 4 nitrogen and oxygen atoms in total. The van der Waals surface area contributed by atoms with Crippen molar-refractivity contribution in [3.63, 3.8) is 0 Å². The van der Waals surface area contributed by atoms with Crippen LogP contribution in [0.25, 0.3) is 0 Å². The number of hydrogen-bond donors (Lipinski definition) is 0. The largest absolute Gasteiger partial charge is 0.339 e. The van der Waals surface area contributed by atoms with Crippen LogP contribution >= 0.6 is 0 Å². The number of piperazine rings is 1. The summed E-state index contributed by atoms with van der Waals surface area (Å²) in [6, 6.07) is 33.3. The van der Waals surface area contributed by atoms with Crippen LogP contribution in [0, 0.1) is 11.6 Å². The molecule has 5 rings (SSSR count). The zero-order valence-electron chi connectivity index (χ0n) is 21.9. The molecule has 0 saturated carbocycles. The maximum absolute atomic E-state index is 13.7. The molecule has 1 heterocycles. The van der Waals surface area contributed by atoms with Gasteiger partial charge >= 0.3 is 0 Å². The Hall–Kier alpha value is -3.87. The molecular formula is C33H33F2N3O. The van der Waals surface area contributed by atoms with Gasteiger partial charge in [0.2, 0.25) is 5.91 Å². The van der Waals surface area contributed by atoms with Gasteiger partial charge in [0, 0.05) is 39.3 Å². The van der Waals surface area contributed by atoms with E-state index in [4.69, 9.17) is 0 Å². The molecule has 1 amide bonds. The van der Waals surface area contributed by atoms with Gasteiger partial charge in [-0.25, -0.2) is 8.78 Å². The molecule has 0 atom stereocenters. The fraction of sp³-hybridized carbons (Fsp3) is 0.242. The maximum atomic E-state index is 13.7. The normalized spacial score (nSPS) is 14.2. The predicted octanol–water partition coefficient (Wildman–Crippen LogP) is 5.90. The van der Waals surface area contributed by atoms with Crippen molar-refractivity contribution in [3.8, 4) is 0 Å². The number of carbonyl (C=O) groups excluding carboxylic acids is 1. The van der Waals surface area contributed by atoms with Crippen molar-refractivity contribution in [2.24, 2.45) is 0 Å². The summed E-state index contributed by atoms with van der Waals surface area (Å²) >= 11 is 0. The second-order valence-electron chi connectivity index (χ2n) is 10.0. The first-order valence-corrected chi connectivity index (χ1v) is 13.4. The zero-order chi connectivity index (χ0) is 27.0. The van der Waals surface area contributed by atoms with Crippen molar-refractivity contribution in [1.29, 1.82) is 0 Å². The van der Waals surface area contributed by atoms with Gasteiger partial charge in [0.25, 0.3) is 0 Å². The Kier molecular flexibility index (Phi) is 8.76. The summed E-state index contributed by atoms with van der Waals surface area (Å²) in [7, 11) is 0. The van der Waals surface area contributed by atoms with Gasteiger partial charge in [0.15, 0.2) is 0 Å². The topological polar surface area (TPSA) is 26.8 Å². The van der Waals surface area contributed by atoms with Gasteiger partial charge in [-0.2, -0.15) is 0 Å². The zero-order valence-corrected chi connectivity index (χ0v) is 21.9. The standard InChI is InChI=1S/C33H33F2N3O/c34-30-15-11-28(12-16-30)33(29-13-17-31(35)18-14-29)38-21-19-37(20-22-38)32(39)25-36(23-26-7-3-1-4-8-26)24-27-9-5-2-6-10-27/h1-18,33H,19-25H2. The number of halogens is 2. The van der Waals surface area contributed by atoms with Crippen molar-refractivity contribution in [3.05, 3.63) is 143 Å². The van der Waals surface area contributed by atoms with Gasteiger partial charge < -0.3 is 4.90 Å². The quantitative estimate of drug-likeness (QED) is 0.272. The van der Waals surface area contributed by atoms with Gasteiger partial charge in [0.05, 0.1) is 12.6 Å². The SMILES string of the molecule is O=C(CN(Cc1ccccc1)Cc1ccccc1)N1CCN(C(c2ccc(F)cc2)c2ccc(F)cc2)CC1. The Labute approximate surface area is 229 Å². The minimum Gasteiger partial charge on any atom is -0.339 e. The fourth-order valence-electron chi connectivity index (χ4n) is 5.28. The van der Waals surface area contributed by atoms with Gasteiger partial charge in [-0.3, -0.25) is 14.6 Å². The Morgan fingerprint density at radius 3 is 1.51 bits per heavy atom. The molecule has 1 aliphatic rings. The molecule has 0 aromatic heterocycles. The molecule has 1 saturated heterocycles. The van der Waals surface area contributed by atoms with Crippen LogP contribution in [0.1, 0.15) is 28.3 Å². The van der Waals surface area contributed by atoms with Crippen LogP contribution in [-0.2, 0) is 17.9 Å². The highest BCUT2D eigenvalue weighted by Gasteiger charge is 2.29. The predicted molar refractivity (Wildman–Crippen MR) is 150 cm³/mol. The average molecular weight is 526 g/mol. The highest BCUT2D eigenvalue weighted by molar-refractivity contribution is 5.78. The molecule has 0 N–H and O–H groups in total. The van der Waals surface area contributed by atoms with E-state index in [9.17, 15) is 13.6 Å². The first-order valence-electron chi connectivity index (χ1n) is 13.4. The summed E-state index contributed by atoms with van der Waals surface area (Å²) in [4.78, 5) is 19.9. The van der Waals surface area contributed by atoms with E-state index in [0.717, 1.165) is 11.1 Å². The summed E-state index contributed by atoms with van der Waals surface area (Å²) in [5.74, 6) is -0.466. The van der Waals surface area contributed by atoms with Gasteiger partial charge in [-0.1, -0.05) is 84.9 Å². The monoisotopic (exact) mass is 525 g/mol. The summed E-state index contributed by atoms with van der Waals surface area (Å²) < 4.78 is 27.3. The van der Waals surface area contributed by atoms with E-state index in [1.165, 1.54) is 35.4 Å². The smallest absolute Gasteiger partial charge is 0.236 e. The first-order chi connectivity index (χ1) is 19.0. The van der Waals surface area contributed by atoms with E-state index in [-0.39, 0.29) is 23.6 Å². The van der Waals surface area contributed by atoms with Crippen LogP contribution in [0.15, 0.2) is 109 Å². The molecular weight excluding hydrogens is 492 g/mol. The second-order valence-corrected chi connectivity index (χ2v) is 10.0. The molecule has 0 radical (unpaired) electrons. The van der Waals surface area contributed by atoms with E-state index in [1.807, 2.05) is 41.3 Å². The van der Waals surface area contributed by atoms with E-state index in [2.05, 4.69) is 34.1 Å². The summed E-state index contributed by atoms with van der Waals surface area (Å²) in [5, 5.41) is 0. The van der Waals surface area contributed by atoms with Crippen molar-refractivity contribution in [2.75, 3.05) is 32.7 Å². The number of benzene rings is 4. The molecule has 0 unspecified atom stereocenters. The molecule has 0 bridgehead atoms. The Bertz CT molecular complexity index is 1240. The van der Waals surface area contributed by atoms with Crippen LogP contribution in [0.3, 0.4) is 0 Å². The highest BCUT2D eigenvalue weighted by atomic mass is 19.1. The highest BCUT2D eigenvalue weighted by Crippen LogP contribution is 2.30. The molecule has 4 aromatic carbocycles. The Morgan fingerprint density at radius 1 is 0.641 bits per heavy atom. The summed E-state index contributed by atoms with van der Waals surface area (Å²) in [6.07, 6.45) is 0. The van der Waals surface area contributed by atoms with Gasteiger partial charge in [-0.15, -0.1) is 0 Å². The molecule has 6 heteroatoms. The third kappa shape index (κ3) is 7.16. The molecule has 200 valence electrons. The molecule has 39 heavy (non-hydrogen) atoms. The van der Waals surface area contributed by atoms with Crippen molar-refractivity contribution in [1.82, 2.24) is 14.7 Å². The first kappa shape index (κ1) is 26.7. The van der Waals surface area contributed by atoms with Gasteiger partial charge in [0.1, 0.15) is 11.6 Å². The lowest BCUT2D eigenvalue weighted by atomic mass is 9.96. The number of amides is 1. The van der Waals surface area contributed by atoms with Gasteiger partial charge in [-0.05, 0) is 46.5 Å². The van der Waals surface area contributed by atoms with E-state index < -0.39 is 0 Å².